The normalized spacial score (nSPS) is 12.5. The van der Waals surface area contributed by atoms with E-state index in [1.54, 1.807) is 41.5 Å². The minimum atomic E-state index is -0.771. The van der Waals surface area contributed by atoms with Crippen molar-refractivity contribution in [1.82, 2.24) is 0 Å². The van der Waals surface area contributed by atoms with Gasteiger partial charge >= 0.3 is 49.7 Å². The molecule has 0 aliphatic heterocycles. The Bertz CT molecular complexity index is 395. The van der Waals surface area contributed by atoms with Gasteiger partial charge in [0.15, 0.2) is 5.78 Å². The maximum absolute atomic E-state index is 11.7. The third-order valence-corrected chi connectivity index (χ3v) is 2.21. The molecule has 0 spiro atoms. The molecule has 5 heteroatoms. The molecule has 0 aromatic carbocycles. The Balaban J connectivity index is 0. The molecule has 0 aliphatic rings. The first kappa shape index (κ1) is 21.1. The zero-order valence-corrected chi connectivity index (χ0v) is 12.2. The topological polar surface area (TPSA) is 60.4 Å². The number of hydrogen-bond acceptors (Lipinski definition) is 4. The fourth-order valence-corrected chi connectivity index (χ4v) is 0.790. The van der Waals surface area contributed by atoms with Gasteiger partial charge in [0.2, 0.25) is 0 Å². The number of hydrogen-bond donors (Lipinski definition) is 0. The first-order chi connectivity index (χ1) is 7.85. The van der Waals surface area contributed by atoms with Crippen LogP contribution in [0.3, 0.4) is 0 Å². The average molecular weight is 296 g/mol. The number of carbonyl (C=O) groups excluding carboxylic acids is 3. The predicted octanol–water partition coefficient (Wildman–Crippen LogP) is 1.75. The van der Waals surface area contributed by atoms with Crippen molar-refractivity contribution in [2.75, 3.05) is 0 Å². The first-order valence-electron chi connectivity index (χ1n) is 5.85. The van der Waals surface area contributed by atoms with Gasteiger partial charge in [0.05, 0.1) is 5.41 Å². The molecule has 0 aromatic heterocycles. The van der Waals surface area contributed by atoms with Crippen LogP contribution in [0, 0.1) is 10.8 Å². The molecule has 0 N–H and O–H groups in total. The van der Waals surface area contributed by atoms with E-state index in [2.05, 4.69) is 0 Å². The van der Waals surface area contributed by atoms with E-state index >= 15 is 0 Å². The number of ether oxygens (including phenoxy) is 1. The van der Waals surface area contributed by atoms with Crippen LogP contribution in [0.25, 0.3) is 0 Å². The van der Waals surface area contributed by atoms with Crippen LogP contribution < -0.4 is 0 Å². The molecular weight excluding hydrogens is 272 g/mol. The Labute approximate surface area is 145 Å². The van der Waals surface area contributed by atoms with Crippen LogP contribution in [0.2, 0.25) is 0 Å². The summed E-state index contributed by atoms with van der Waals surface area (Å²) in [4.78, 5) is 34.8. The molecule has 0 unspecified atom stereocenters. The van der Waals surface area contributed by atoms with Gasteiger partial charge in [-0.05, 0) is 33.8 Å². The Morgan fingerprint density at radius 2 is 1.32 bits per heavy atom. The second-order valence-corrected chi connectivity index (χ2v) is 6.37. The monoisotopic (exact) mass is 296 g/mol. The summed E-state index contributed by atoms with van der Waals surface area (Å²) >= 11 is 0. The van der Waals surface area contributed by atoms with Gasteiger partial charge in [-0.15, -0.1) is 0 Å². The maximum atomic E-state index is 11.7. The standard InChI is InChI=1S/C14H22O4.Ca.2H/c1-9(8-10(15)13(2,3)4)11(16)18-12(17)14(5,6)7;;;/h8H,1-7H3;;;. The molecule has 0 saturated heterocycles. The second kappa shape index (κ2) is 7.55. The van der Waals surface area contributed by atoms with Gasteiger partial charge in [-0.2, -0.15) is 0 Å². The van der Waals surface area contributed by atoms with Crippen LogP contribution in [0.5, 0.6) is 0 Å². The molecule has 0 bridgehead atoms. The van der Waals surface area contributed by atoms with E-state index in [1.165, 1.54) is 13.0 Å². The first-order valence-corrected chi connectivity index (χ1v) is 5.85. The van der Waals surface area contributed by atoms with Gasteiger partial charge in [0.1, 0.15) is 0 Å². The van der Waals surface area contributed by atoms with E-state index in [-0.39, 0.29) is 49.1 Å². The van der Waals surface area contributed by atoms with E-state index in [9.17, 15) is 14.4 Å². The molecule has 0 saturated carbocycles. The van der Waals surface area contributed by atoms with Crippen LogP contribution in [-0.2, 0) is 19.1 Å². The van der Waals surface area contributed by atoms with Crippen molar-refractivity contribution < 1.29 is 19.1 Å². The fraction of sp³-hybridized carbons (Fsp3) is 0.643. The quantitative estimate of drug-likeness (QED) is 0.337. The zero-order chi connectivity index (χ0) is 14.7. The molecule has 19 heavy (non-hydrogen) atoms. The molecule has 0 radical (unpaired) electrons. The second-order valence-electron chi connectivity index (χ2n) is 6.37. The Hall–Kier alpha value is -0.190. The zero-order valence-electron chi connectivity index (χ0n) is 12.2. The average Bonchev–Trinajstić information content (AvgIpc) is 2.14. The Morgan fingerprint density at radius 3 is 1.63 bits per heavy atom. The summed E-state index contributed by atoms with van der Waals surface area (Å²) in [6.07, 6.45) is 1.22. The van der Waals surface area contributed by atoms with Crippen molar-refractivity contribution in [2.45, 2.75) is 48.5 Å². The van der Waals surface area contributed by atoms with Gasteiger partial charge in [0.25, 0.3) is 0 Å². The molecule has 0 heterocycles. The van der Waals surface area contributed by atoms with Gasteiger partial charge in [-0.25, -0.2) is 4.79 Å². The summed E-state index contributed by atoms with van der Waals surface area (Å²) in [7, 11) is 0. The molecule has 4 nitrogen and oxygen atoms in total. The number of allylic oxidation sites excluding steroid dienone is 1. The summed E-state index contributed by atoms with van der Waals surface area (Å²) in [6, 6.07) is 0. The predicted molar refractivity (Wildman–Crippen MR) is 77.3 cm³/mol. The molecule has 0 aromatic rings. The van der Waals surface area contributed by atoms with Gasteiger partial charge in [-0.3, -0.25) is 9.59 Å². The van der Waals surface area contributed by atoms with E-state index < -0.39 is 22.8 Å². The third-order valence-electron chi connectivity index (χ3n) is 2.21. The molecule has 0 atom stereocenters. The van der Waals surface area contributed by atoms with Crippen LogP contribution in [0.4, 0.5) is 0 Å². The van der Waals surface area contributed by atoms with Crippen molar-refractivity contribution in [3.63, 3.8) is 0 Å². The molecule has 0 rings (SSSR count). The molecule has 0 aliphatic carbocycles. The van der Waals surface area contributed by atoms with Crippen LogP contribution in [-0.4, -0.2) is 55.5 Å². The van der Waals surface area contributed by atoms with Crippen LogP contribution in [0.15, 0.2) is 11.6 Å². The van der Waals surface area contributed by atoms with Crippen LogP contribution in [0.1, 0.15) is 48.5 Å². The molecule has 106 valence electrons. The van der Waals surface area contributed by atoms with Crippen LogP contribution >= 0.6 is 0 Å². The summed E-state index contributed by atoms with van der Waals surface area (Å²) in [5.41, 5.74) is -1.17. The van der Waals surface area contributed by atoms with E-state index in [4.69, 9.17) is 4.74 Å². The van der Waals surface area contributed by atoms with E-state index in [1.807, 2.05) is 0 Å². The summed E-state index contributed by atoms with van der Waals surface area (Å²) in [5.74, 6) is -1.56. The van der Waals surface area contributed by atoms with E-state index in [0.29, 0.717) is 0 Å². The van der Waals surface area contributed by atoms with Crippen molar-refractivity contribution in [1.29, 1.82) is 0 Å². The third kappa shape index (κ3) is 7.85. The van der Waals surface area contributed by atoms with Crippen molar-refractivity contribution in [2.24, 2.45) is 10.8 Å². The fourth-order valence-electron chi connectivity index (χ4n) is 0.790. The van der Waals surface area contributed by atoms with Gasteiger partial charge in [0, 0.05) is 11.0 Å². The minimum absolute atomic E-state index is 0. The summed E-state index contributed by atoms with van der Waals surface area (Å²) in [5, 5.41) is 0. The van der Waals surface area contributed by atoms with Crippen molar-refractivity contribution in [3.8, 4) is 0 Å². The van der Waals surface area contributed by atoms with Gasteiger partial charge < -0.3 is 4.74 Å². The SMILES string of the molecule is CC(=CC(=O)C(C)(C)C)C(=O)OC(=O)C(C)(C)C.[CaH2]. The molecule has 0 fully saturated rings. The van der Waals surface area contributed by atoms with Gasteiger partial charge in [-0.1, -0.05) is 20.8 Å². The van der Waals surface area contributed by atoms with E-state index in [0.717, 1.165) is 0 Å². The number of esters is 2. The molecule has 0 amide bonds. The molecular formula is C14H24CaO4. The summed E-state index contributed by atoms with van der Waals surface area (Å²) < 4.78 is 4.69. The summed E-state index contributed by atoms with van der Waals surface area (Å²) in [6.45, 7) is 11.7. The Morgan fingerprint density at radius 1 is 0.895 bits per heavy atom. The van der Waals surface area contributed by atoms with Crippen molar-refractivity contribution >= 4 is 55.5 Å². The number of ketones is 1. The number of rotatable bonds is 2. The number of carbonyl (C=O) groups is 3. The van der Waals surface area contributed by atoms with Crippen molar-refractivity contribution in [3.05, 3.63) is 11.6 Å². The Kier molecular flexibility index (Phi) is 8.40.